The molecule has 0 unspecified atom stereocenters. The van der Waals surface area contributed by atoms with E-state index in [0.29, 0.717) is 36.7 Å². The Morgan fingerprint density at radius 3 is 2.58 bits per heavy atom. The molecule has 176 valence electrons. The molecule has 2 aromatic rings. The number of carbonyl (C=O) groups excluding carboxylic acids is 2. The van der Waals surface area contributed by atoms with Crippen LogP contribution in [0.3, 0.4) is 0 Å². The lowest BCUT2D eigenvalue weighted by Crippen LogP contribution is -2.49. The first-order chi connectivity index (χ1) is 16.0. The molecule has 33 heavy (non-hydrogen) atoms. The van der Waals surface area contributed by atoms with Crippen LogP contribution >= 0.6 is 0 Å². The maximum atomic E-state index is 14.4. The minimum atomic E-state index is -0.696. The summed E-state index contributed by atoms with van der Waals surface area (Å²) in [5.74, 6) is 0.618. The highest BCUT2D eigenvalue weighted by molar-refractivity contribution is 5.87. The van der Waals surface area contributed by atoms with E-state index in [2.05, 4.69) is 5.32 Å². The number of amides is 2. The topological polar surface area (TPSA) is 67.9 Å². The second-order valence-corrected chi connectivity index (χ2v) is 8.76. The minimum absolute atomic E-state index is 0.0475. The summed E-state index contributed by atoms with van der Waals surface area (Å²) in [6, 6.07) is 11.5. The Kier molecular flexibility index (Phi) is 7.47. The normalized spacial score (nSPS) is 16.3. The van der Waals surface area contributed by atoms with Crippen LogP contribution in [0.5, 0.6) is 11.5 Å². The number of nitrogens with one attached hydrogen (secondary N) is 1. The van der Waals surface area contributed by atoms with Gasteiger partial charge in [-0.15, -0.1) is 0 Å². The number of aryl methyl sites for hydroxylation is 1. The Hall–Kier alpha value is -3.09. The molecule has 7 heteroatoms. The van der Waals surface area contributed by atoms with Crippen LogP contribution in [-0.4, -0.2) is 42.0 Å². The third-order valence-corrected chi connectivity index (χ3v) is 6.40. The predicted octanol–water partition coefficient (Wildman–Crippen LogP) is 4.01. The van der Waals surface area contributed by atoms with Gasteiger partial charge in [0, 0.05) is 24.6 Å². The molecule has 2 aliphatic rings. The Balaban J connectivity index is 1.46. The van der Waals surface area contributed by atoms with Crippen molar-refractivity contribution in [3.8, 4) is 11.5 Å². The van der Waals surface area contributed by atoms with Crippen LogP contribution in [0.1, 0.15) is 50.2 Å². The van der Waals surface area contributed by atoms with Gasteiger partial charge < -0.3 is 19.7 Å². The van der Waals surface area contributed by atoms with Crippen molar-refractivity contribution < 1.29 is 23.5 Å². The molecule has 2 aromatic carbocycles. The number of ether oxygens (including phenoxy) is 2. The molecule has 1 saturated carbocycles. The van der Waals surface area contributed by atoms with Gasteiger partial charge in [0.25, 0.3) is 0 Å². The number of fused-ring (bicyclic) bond motifs is 1. The number of halogens is 1. The largest absolute Gasteiger partial charge is 0.486 e. The van der Waals surface area contributed by atoms with Gasteiger partial charge in [-0.2, -0.15) is 0 Å². The molecule has 0 aromatic heterocycles. The Bertz CT molecular complexity index is 990. The fraction of sp³-hybridized carbons (Fsp3) is 0.462. The standard InChI is InChI=1S/C26H31FN2O4/c1-18(26(31)28-21-7-3-4-8-21)29(17-20-6-2-5-9-22(20)27)25(30)13-11-19-10-12-23-24(16-19)33-15-14-32-23/h2,5-6,9-10,12,16,18,21H,3-4,7-8,11,13-15,17H2,1H3,(H,28,31)/t18-/m1/s1. The molecule has 0 radical (unpaired) electrons. The fourth-order valence-corrected chi connectivity index (χ4v) is 4.42. The van der Waals surface area contributed by atoms with E-state index in [1.165, 1.54) is 11.0 Å². The summed E-state index contributed by atoms with van der Waals surface area (Å²) in [6.45, 7) is 2.79. The monoisotopic (exact) mass is 454 g/mol. The molecular formula is C26H31FN2O4. The van der Waals surface area contributed by atoms with Gasteiger partial charge in [-0.05, 0) is 49.9 Å². The van der Waals surface area contributed by atoms with Gasteiger partial charge in [0.15, 0.2) is 11.5 Å². The molecule has 1 aliphatic heterocycles. The zero-order valence-corrected chi connectivity index (χ0v) is 19.0. The van der Waals surface area contributed by atoms with Gasteiger partial charge in [0.05, 0.1) is 0 Å². The summed E-state index contributed by atoms with van der Waals surface area (Å²) in [4.78, 5) is 27.7. The van der Waals surface area contributed by atoms with Crippen LogP contribution in [0.2, 0.25) is 0 Å². The first-order valence-corrected chi connectivity index (χ1v) is 11.7. The minimum Gasteiger partial charge on any atom is -0.486 e. The van der Waals surface area contributed by atoms with E-state index in [1.807, 2.05) is 18.2 Å². The molecule has 1 heterocycles. The van der Waals surface area contributed by atoms with E-state index in [0.717, 1.165) is 31.2 Å². The third-order valence-electron chi connectivity index (χ3n) is 6.40. The first kappa shape index (κ1) is 23.1. The van der Waals surface area contributed by atoms with Crippen LogP contribution in [0, 0.1) is 5.82 Å². The van der Waals surface area contributed by atoms with Crippen molar-refractivity contribution >= 4 is 11.8 Å². The zero-order chi connectivity index (χ0) is 23.2. The third kappa shape index (κ3) is 5.83. The SMILES string of the molecule is C[C@H](C(=O)NC1CCCC1)N(Cc1ccccc1F)C(=O)CCc1ccc2c(c1)OCCO2. The highest BCUT2D eigenvalue weighted by Gasteiger charge is 2.29. The second kappa shape index (κ2) is 10.7. The summed E-state index contributed by atoms with van der Waals surface area (Å²) in [7, 11) is 0. The summed E-state index contributed by atoms with van der Waals surface area (Å²) in [5.41, 5.74) is 1.34. The molecule has 0 saturated heterocycles. The van der Waals surface area contributed by atoms with E-state index in [1.54, 1.807) is 25.1 Å². The Morgan fingerprint density at radius 1 is 1.09 bits per heavy atom. The number of hydrogen-bond acceptors (Lipinski definition) is 4. The van der Waals surface area contributed by atoms with Crippen LogP contribution in [0.15, 0.2) is 42.5 Å². The van der Waals surface area contributed by atoms with Gasteiger partial charge in [-0.3, -0.25) is 9.59 Å². The molecule has 1 fully saturated rings. The predicted molar refractivity (Wildman–Crippen MR) is 123 cm³/mol. The lowest BCUT2D eigenvalue weighted by atomic mass is 10.1. The van der Waals surface area contributed by atoms with Crippen molar-refractivity contribution in [2.75, 3.05) is 13.2 Å². The molecule has 0 bridgehead atoms. The molecule has 0 spiro atoms. The number of rotatable bonds is 8. The lowest BCUT2D eigenvalue weighted by molar-refractivity contribution is -0.140. The van der Waals surface area contributed by atoms with Gasteiger partial charge >= 0.3 is 0 Å². The number of benzene rings is 2. The summed E-state index contributed by atoms with van der Waals surface area (Å²) >= 11 is 0. The van der Waals surface area contributed by atoms with Gasteiger partial charge in [0.1, 0.15) is 25.1 Å². The maximum absolute atomic E-state index is 14.4. The van der Waals surface area contributed by atoms with Gasteiger partial charge in [-0.1, -0.05) is 37.1 Å². The zero-order valence-electron chi connectivity index (χ0n) is 19.0. The van der Waals surface area contributed by atoms with Crippen molar-refractivity contribution in [1.82, 2.24) is 10.2 Å². The highest BCUT2D eigenvalue weighted by atomic mass is 19.1. The summed E-state index contributed by atoms with van der Waals surface area (Å²) < 4.78 is 25.5. The number of nitrogens with zero attached hydrogens (tertiary/aromatic N) is 1. The van der Waals surface area contributed by atoms with E-state index in [4.69, 9.17) is 9.47 Å². The van der Waals surface area contributed by atoms with Crippen LogP contribution in [0.4, 0.5) is 4.39 Å². The fourth-order valence-electron chi connectivity index (χ4n) is 4.42. The maximum Gasteiger partial charge on any atom is 0.242 e. The molecule has 4 rings (SSSR count). The van der Waals surface area contributed by atoms with Crippen molar-refractivity contribution in [1.29, 1.82) is 0 Å². The smallest absolute Gasteiger partial charge is 0.242 e. The van der Waals surface area contributed by atoms with Gasteiger partial charge in [0.2, 0.25) is 11.8 Å². The van der Waals surface area contributed by atoms with E-state index in [-0.39, 0.29) is 36.6 Å². The molecule has 2 amide bonds. The van der Waals surface area contributed by atoms with E-state index < -0.39 is 6.04 Å². The van der Waals surface area contributed by atoms with Crippen molar-refractivity contribution in [2.24, 2.45) is 0 Å². The molecule has 1 atom stereocenters. The van der Waals surface area contributed by atoms with Crippen LogP contribution in [0.25, 0.3) is 0 Å². The Labute approximate surface area is 194 Å². The van der Waals surface area contributed by atoms with E-state index in [9.17, 15) is 14.0 Å². The highest BCUT2D eigenvalue weighted by Crippen LogP contribution is 2.31. The van der Waals surface area contributed by atoms with Gasteiger partial charge in [-0.25, -0.2) is 4.39 Å². The summed E-state index contributed by atoms with van der Waals surface area (Å²) in [6.07, 6.45) is 4.82. The summed E-state index contributed by atoms with van der Waals surface area (Å²) in [5, 5.41) is 3.07. The number of hydrogen-bond donors (Lipinski definition) is 1. The van der Waals surface area contributed by atoms with Crippen LogP contribution < -0.4 is 14.8 Å². The number of carbonyl (C=O) groups is 2. The lowest BCUT2D eigenvalue weighted by Gasteiger charge is -2.30. The molecule has 1 aliphatic carbocycles. The van der Waals surface area contributed by atoms with Crippen molar-refractivity contribution in [3.63, 3.8) is 0 Å². The average Bonchev–Trinajstić information content (AvgIpc) is 3.34. The van der Waals surface area contributed by atoms with Crippen LogP contribution in [-0.2, 0) is 22.6 Å². The first-order valence-electron chi connectivity index (χ1n) is 11.7. The molecule has 1 N–H and O–H groups in total. The Morgan fingerprint density at radius 2 is 1.82 bits per heavy atom. The van der Waals surface area contributed by atoms with E-state index >= 15 is 0 Å². The second-order valence-electron chi connectivity index (χ2n) is 8.76. The molecule has 6 nitrogen and oxygen atoms in total. The van der Waals surface area contributed by atoms with Crippen molar-refractivity contribution in [3.05, 3.63) is 59.4 Å². The molecular weight excluding hydrogens is 423 g/mol. The van der Waals surface area contributed by atoms with Crippen molar-refractivity contribution in [2.45, 2.75) is 64.1 Å². The quantitative estimate of drug-likeness (QED) is 0.655. The average molecular weight is 455 g/mol.